The molecule has 3 heteroatoms. The molecular weight excluding hydrogens is 188 g/mol. The van der Waals surface area contributed by atoms with Crippen molar-refractivity contribution in [3.8, 4) is 0 Å². The van der Waals surface area contributed by atoms with Crippen LogP contribution in [0.2, 0.25) is 0 Å². The van der Waals surface area contributed by atoms with E-state index in [4.69, 9.17) is 0 Å². The van der Waals surface area contributed by atoms with E-state index in [0.29, 0.717) is 17.9 Å². The van der Waals surface area contributed by atoms with Crippen molar-refractivity contribution in [1.82, 2.24) is 10.2 Å². The SMILES string of the molecule is C[C@@H]1CN(C(=O)C2CCCCC2)CCN1. The van der Waals surface area contributed by atoms with Gasteiger partial charge >= 0.3 is 0 Å². The minimum absolute atomic E-state index is 0.337. The molecule has 1 N–H and O–H groups in total. The van der Waals surface area contributed by atoms with Crippen LogP contribution < -0.4 is 5.32 Å². The maximum Gasteiger partial charge on any atom is 0.225 e. The third-order valence-corrected chi connectivity index (χ3v) is 3.63. The van der Waals surface area contributed by atoms with Gasteiger partial charge < -0.3 is 10.2 Å². The van der Waals surface area contributed by atoms with Crippen LogP contribution in [-0.4, -0.2) is 36.5 Å². The molecule has 0 aromatic rings. The van der Waals surface area contributed by atoms with Gasteiger partial charge in [-0.05, 0) is 19.8 Å². The quantitative estimate of drug-likeness (QED) is 0.709. The van der Waals surface area contributed by atoms with Crippen LogP contribution in [0.3, 0.4) is 0 Å². The zero-order valence-electron chi connectivity index (χ0n) is 9.67. The topological polar surface area (TPSA) is 32.3 Å². The van der Waals surface area contributed by atoms with E-state index >= 15 is 0 Å². The second kappa shape index (κ2) is 4.97. The normalized spacial score (nSPS) is 29.1. The summed E-state index contributed by atoms with van der Waals surface area (Å²) in [4.78, 5) is 14.3. The Labute approximate surface area is 92.2 Å². The molecule has 0 radical (unpaired) electrons. The molecule has 1 atom stereocenters. The first-order valence-electron chi connectivity index (χ1n) is 6.29. The number of rotatable bonds is 1. The molecule has 1 saturated carbocycles. The van der Waals surface area contributed by atoms with Crippen LogP contribution in [0.5, 0.6) is 0 Å². The third-order valence-electron chi connectivity index (χ3n) is 3.63. The van der Waals surface area contributed by atoms with E-state index in [-0.39, 0.29) is 0 Å². The van der Waals surface area contributed by atoms with Crippen LogP contribution in [0.25, 0.3) is 0 Å². The standard InChI is InChI=1S/C12H22N2O/c1-10-9-14(8-7-13-10)12(15)11-5-3-2-4-6-11/h10-11,13H,2-9H2,1H3/t10-/m1/s1. The van der Waals surface area contributed by atoms with Crippen molar-refractivity contribution < 1.29 is 4.79 Å². The molecule has 0 unspecified atom stereocenters. The van der Waals surface area contributed by atoms with Gasteiger partial charge in [0.1, 0.15) is 0 Å². The summed E-state index contributed by atoms with van der Waals surface area (Å²) in [5, 5.41) is 3.38. The molecule has 2 fully saturated rings. The Balaban J connectivity index is 1.88. The molecule has 1 aliphatic heterocycles. The first-order valence-corrected chi connectivity index (χ1v) is 6.29. The zero-order valence-corrected chi connectivity index (χ0v) is 9.67. The summed E-state index contributed by atoms with van der Waals surface area (Å²) in [7, 11) is 0. The Morgan fingerprint density at radius 2 is 2.00 bits per heavy atom. The second-order valence-corrected chi connectivity index (χ2v) is 4.97. The lowest BCUT2D eigenvalue weighted by atomic mass is 9.88. The fourth-order valence-corrected chi connectivity index (χ4v) is 2.74. The summed E-state index contributed by atoms with van der Waals surface area (Å²) in [6, 6.07) is 0.464. The van der Waals surface area contributed by atoms with Crippen LogP contribution >= 0.6 is 0 Å². The number of carbonyl (C=O) groups excluding carboxylic acids is 1. The van der Waals surface area contributed by atoms with Crippen molar-refractivity contribution in [2.24, 2.45) is 5.92 Å². The molecule has 1 saturated heterocycles. The Hall–Kier alpha value is -0.570. The van der Waals surface area contributed by atoms with Gasteiger partial charge in [-0.1, -0.05) is 19.3 Å². The van der Waals surface area contributed by atoms with Gasteiger partial charge in [0.2, 0.25) is 5.91 Å². The molecule has 0 aromatic heterocycles. The van der Waals surface area contributed by atoms with Gasteiger partial charge in [0.25, 0.3) is 0 Å². The molecule has 1 heterocycles. The molecule has 86 valence electrons. The third kappa shape index (κ3) is 2.71. The van der Waals surface area contributed by atoms with E-state index in [9.17, 15) is 4.79 Å². The highest BCUT2D eigenvalue weighted by Crippen LogP contribution is 2.25. The van der Waals surface area contributed by atoms with Gasteiger partial charge in [0.15, 0.2) is 0 Å². The summed E-state index contributed by atoms with van der Waals surface area (Å²) in [6.07, 6.45) is 6.06. The number of hydrogen-bond acceptors (Lipinski definition) is 2. The summed E-state index contributed by atoms with van der Waals surface area (Å²) in [5.41, 5.74) is 0. The van der Waals surface area contributed by atoms with Gasteiger partial charge in [-0.2, -0.15) is 0 Å². The Morgan fingerprint density at radius 3 is 2.67 bits per heavy atom. The van der Waals surface area contributed by atoms with Crippen molar-refractivity contribution in [3.05, 3.63) is 0 Å². The van der Waals surface area contributed by atoms with E-state index in [0.717, 1.165) is 32.5 Å². The van der Waals surface area contributed by atoms with Gasteiger partial charge in [-0.15, -0.1) is 0 Å². The molecule has 2 rings (SSSR count). The average molecular weight is 210 g/mol. The largest absolute Gasteiger partial charge is 0.340 e. The van der Waals surface area contributed by atoms with Crippen molar-refractivity contribution >= 4 is 5.91 Å². The number of piperazine rings is 1. The highest BCUT2D eigenvalue weighted by Gasteiger charge is 2.28. The Bertz CT molecular complexity index is 224. The summed E-state index contributed by atoms with van der Waals surface area (Å²) >= 11 is 0. The molecule has 0 spiro atoms. The van der Waals surface area contributed by atoms with E-state index in [1.807, 2.05) is 0 Å². The lowest BCUT2D eigenvalue weighted by Crippen LogP contribution is -2.52. The molecule has 3 nitrogen and oxygen atoms in total. The van der Waals surface area contributed by atoms with Gasteiger partial charge in [0, 0.05) is 31.6 Å². The fraction of sp³-hybridized carbons (Fsp3) is 0.917. The maximum atomic E-state index is 12.2. The number of amides is 1. The van der Waals surface area contributed by atoms with Crippen molar-refractivity contribution in [2.75, 3.05) is 19.6 Å². The predicted molar refractivity (Wildman–Crippen MR) is 60.6 cm³/mol. The lowest BCUT2D eigenvalue weighted by molar-refractivity contribution is -0.137. The maximum absolute atomic E-state index is 12.2. The second-order valence-electron chi connectivity index (χ2n) is 4.97. The lowest BCUT2D eigenvalue weighted by Gasteiger charge is -2.35. The minimum atomic E-state index is 0.337. The van der Waals surface area contributed by atoms with E-state index < -0.39 is 0 Å². The van der Waals surface area contributed by atoms with Crippen LogP contribution in [0.1, 0.15) is 39.0 Å². The monoisotopic (exact) mass is 210 g/mol. The highest BCUT2D eigenvalue weighted by molar-refractivity contribution is 5.79. The molecule has 1 aliphatic carbocycles. The first kappa shape index (κ1) is 10.9. The Kier molecular flexibility index (Phi) is 3.62. The Morgan fingerprint density at radius 1 is 1.27 bits per heavy atom. The minimum Gasteiger partial charge on any atom is -0.340 e. The van der Waals surface area contributed by atoms with E-state index in [2.05, 4.69) is 17.1 Å². The summed E-state index contributed by atoms with van der Waals surface area (Å²) in [5.74, 6) is 0.757. The summed E-state index contributed by atoms with van der Waals surface area (Å²) < 4.78 is 0. The van der Waals surface area contributed by atoms with Crippen LogP contribution in [0, 0.1) is 5.92 Å². The molecule has 0 bridgehead atoms. The van der Waals surface area contributed by atoms with Gasteiger partial charge in [0.05, 0.1) is 0 Å². The van der Waals surface area contributed by atoms with Crippen LogP contribution in [0.15, 0.2) is 0 Å². The number of hydrogen-bond donors (Lipinski definition) is 1. The van der Waals surface area contributed by atoms with Crippen LogP contribution in [0.4, 0.5) is 0 Å². The number of carbonyl (C=O) groups is 1. The molecule has 1 amide bonds. The van der Waals surface area contributed by atoms with Gasteiger partial charge in [-0.25, -0.2) is 0 Å². The summed E-state index contributed by atoms with van der Waals surface area (Å²) in [6.45, 7) is 4.91. The number of nitrogens with zero attached hydrogens (tertiary/aromatic N) is 1. The van der Waals surface area contributed by atoms with Crippen molar-refractivity contribution in [1.29, 1.82) is 0 Å². The van der Waals surface area contributed by atoms with Crippen molar-refractivity contribution in [2.45, 2.75) is 45.1 Å². The highest BCUT2D eigenvalue weighted by atomic mass is 16.2. The predicted octanol–water partition coefficient (Wildman–Crippen LogP) is 1.39. The molecule has 2 aliphatic rings. The smallest absolute Gasteiger partial charge is 0.225 e. The van der Waals surface area contributed by atoms with Crippen LogP contribution in [-0.2, 0) is 4.79 Å². The van der Waals surface area contributed by atoms with Crippen molar-refractivity contribution in [3.63, 3.8) is 0 Å². The van der Waals surface area contributed by atoms with Gasteiger partial charge in [-0.3, -0.25) is 4.79 Å². The first-order chi connectivity index (χ1) is 7.27. The molecule has 0 aromatic carbocycles. The average Bonchev–Trinajstić information content (AvgIpc) is 2.29. The molecule has 15 heavy (non-hydrogen) atoms. The fourth-order valence-electron chi connectivity index (χ4n) is 2.74. The van der Waals surface area contributed by atoms with E-state index in [1.54, 1.807) is 0 Å². The molecular formula is C12H22N2O. The van der Waals surface area contributed by atoms with E-state index in [1.165, 1.54) is 19.3 Å². The number of nitrogens with one attached hydrogen (secondary N) is 1. The zero-order chi connectivity index (χ0) is 10.7.